The lowest BCUT2D eigenvalue weighted by Crippen LogP contribution is -1.96. The maximum absolute atomic E-state index is 12.6. The number of ether oxygens (including phenoxy) is 2. The summed E-state index contributed by atoms with van der Waals surface area (Å²) in [5.41, 5.74) is 4.95. The fraction of sp³-hybridized carbons (Fsp3) is 0.261. The molecule has 0 saturated carbocycles. The second-order valence-electron chi connectivity index (χ2n) is 6.23. The second-order valence-corrected chi connectivity index (χ2v) is 6.23. The maximum Gasteiger partial charge on any atom is 0.168 e. The van der Waals surface area contributed by atoms with Crippen molar-refractivity contribution >= 4 is 17.4 Å². The van der Waals surface area contributed by atoms with E-state index >= 15 is 0 Å². The summed E-state index contributed by atoms with van der Waals surface area (Å²) in [5.74, 6) is 1.86. The van der Waals surface area contributed by atoms with E-state index in [1.807, 2.05) is 69.3 Å². The highest BCUT2D eigenvalue weighted by Gasteiger charge is 2.25. The molecule has 0 heterocycles. The summed E-state index contributed by atoms with van der Waals surface area (Å²) in [6.07, 6.45) is 2.53. The van der Waals surface area contributed by atoms with Crippen LogP contribution in [-0.2, 0) is 4.79 Å². The van der Waals surface area contributed by atoms with Crippen molar-refractivity contribution in [1.82, 2.24) is 0 Å². The Hall–Kier alpha value is -2.81. The van der Waals surface area contributed by atoms with Crippen LogP contribution in [0, 0.1) is 0 Å². The minimum absolute atomic E-state index is 0.170. The Bertz CT molecular complexity index is 840. The zero-order chi connectivity index (χ0) is 18.5. The van der Waals surface area contributed by atoms with Gasteiger partial charge in [0.25, 0.3) is 0 Å². The first kappa shape index (κ1) is 18.0. The van der Waals surface area contributed by atoms with Gasteiger partial charge < -0.3 is 9.47 Å². The number of rotatable bonds is 6. The average molecular weight is 348 g/mol. The largest absolute Gasteiger partial charge is 0.494 e. The number of ketones is 1. The standard InChI is InChI=1S/C23H24O3/c1-4-25-20-10-6-17(7-11-20)14-19-15-22(24)23(16(19)3)18-8-12-21(13-9-18)26-5-2/h6-14H,4-5,15H2,1-3H3/b19-14-. The zero-order valence-corrected chi connectivity index (χ0v) is 15.5. The fourth-order valence-corrected chi connectivity index (χ4v) is 3.21. The molecule has 3 nitrogen and oxygen atoms in total. The van der Waals surface area contributed by atoms with E-state index in [0.717, 1.165) is 39.3 Å². The second kappa shape index (κ2) is 8.05. The minimum Gasteiger partial charge on any atom is -0.494 e. The number of hydrogen-bond donors (Lipinski definition) is 0. The molecule has 0 fully saturated rings. The van der Waals surface area contributed by atoms with E-state index in [1.165, 1.54) is 0 Å². The molecule has 2 aromatic rings. The molecule has 0 atom stereocenters. The van der Waals surface area contributed by atoms with Crippen LogP contribution in [0.3, 0.4) is 0 Å². The highest BCUT2D eigenvalue weighted by atomic mass is 16.5. The van der Waals surface area contributed by atoms with Crippen molar-refractivity contribution in [2.24, 2.45) is 0 Å². The Kier molecular flexibility index (Phi) is 5.57. The Balaban J connectivity index is 1.87. The third-order valence-electron chi connectivity index (χ3n) is 4.47. The molecule has 0 unspecified atom stereocenters. The first-order valence-corrected chi connectivity index (χ1v) is 9.03. The van der Waals surface area contributed by atoms with Crippen LogP contribution in [0.25, 0.3) is 11.6 Å². The SMILES string of the molecule is CCOc1ccc(/C=C2/CC(=O)C(c3ccc(OCC)cc3)=C2C)cc1. The molecule has 0 aromatic heterocycles. The first-order valence-electron chi connectivity index (χ1n) is 9.03. The van der Waals surface area contributed by atoms with Gasteiger partial charge in [-0.05, 0) is 67.3 Å². The molecule has 26 heavy (non-hydrogen) atoms. The predicted octanol–water partition coefficient (Wildman–Crippen LogP) is 5.31. The average Bonchev–Trinajstić information content (AvgIpc) is 2.92. The van der Waals surface area contributed by atoms with E-state index in [2.05, 4.69) is 6.08 Å². The number of Topliss-reactive ketones (excluding diaryl/α,β-unsaturated/α-hetero) is 1. The van der Waals surface area contributed by atoms with Crippen molar-refractivity contribution in [2.75, 3.05) is 13.2 Å². The summed E-state index contributed by atoms with van der Waals surface area (Å²) in [5, 5.41) is 0. The van der Waals surface area contributed by atoms with Gasteiger partial charge in [0.05, 0.1) is 13.2 Å². The van der Waals surface area contributed by atoms with Gasteiger partial charge in [-0.3, -0.25) is 4.79 Å². The van der Waals surface area contributed by atoms with Gasteiger partial charge in [-0.25, -0.2) is 0 Å². The summed E-state index contributed by atoms with van der Waals surface area (Å²) in [6.45, 7) is 7.24. The molecular formula is C23H24O3. The van der Waals surface area contributed by atoms with Crippen molar-refractivity contribution in [1.29, 1.82) is 0 Å². The van der Waals surface area contributed by atoms with Gasteiger partial charge in [0.1, 0.15) is 11.5 Å². The third kappa shape index (κ3) is 3.88. The molecule has 0 spiro atoms. The van der Waals surface area contributed by atoms with E-state index in [0.29, 0.717) is 19.6 Å². The van der Waals surface area contributed by atoms with E-state index in [1.54, 1.807) is 0 Å². The van der Waals surface area contributed by atoms with Crippen molar-refractivity contribution in [2.45, 2.75) is 27.2 Å². The van der Waals surface area contributed by atoms with E-state index in [-0.39, 0.29) is 5.78 Å². The van der Waals surface area contributed by atoms with Crippen LogP contribution in [0.4, 0.5) is 0 Å². The van der Waals surface area contributed by atoms with Gasteiger partial charge in [0, 0.05) is 12.0 Å². The molecule has 3 rings (SSSR count). The normalized spacial score (nSPS) is 15.7. The van der Waals surface area contributed by atoms with Crippen LogP contribution in [0.1, 0.15) is 38.3 Å². The molecule has 0 aliphatic heterocycles. The van der Waals surface area contributed by atoms with Crippen LogP contribution in [0.2, 0.25) is 0 Å². The van der Waals surface area contributed by atoms with Crippen LogP contribution in [-0.4, -0.2) is 19.0 Å². The Morgan fingerprint density at radius 1 is 0.885 bits per heavy atom. The number of allylic oxidation sites excluding steroid dienone is 3. The van der Waals surface area contributed by atoms with Gasteiger partial charge in [-0.1, -0.05) is 30.3 Å². The van der Waals surface area contributed by atoms with Gasteiger partial charge in [0.15, 0.2) is 5.78 Å². The van der Waals surface area contributed by atoms with Crippen LogP contribution in [0.5, 0.6) is 11.5 Å². The molecule has 0 amide bonds. The van der Waals surface area contributed by atoms with Gasteiger partial charge in [-0.2, -0.15) is 0 Å². The third-order valence-corrected chi connectivity index (χ3v) is 4.47. The molecule has 0 radical (unpaired) electrons. The Morgan fingerprint density at radius 2 is 1.42 bits per heavy atom. The lowest BCUT2D eigenvalue weighted by Gasteiger charge is -2.06. The molecule has 134 valence electrons. The molecule has 3 heteroatoms. The highest BCUT2D eigenvalue weighted by molar-refractivity contribution is 6.26. The first-order chi connectivity index (χ1) is 12.6. The van der Waals surface area contributed by atoms with Gasteiger partial charge in [-0.15, -0.1) is 0 Å². The van der Waals surface area contributed by atoms with Crippen molar-refractivity contribution < 1.29 is 14.3 Å². The number of carbonyl (C=O) groups excluding carboxylic acids is 1. The van der Waals surface area contributed by atoms with Crippen LogP contribution >= 0.6 is 0 Å². The molecular weight excluding hydrogens is 324 g/mol. The molecule has 0 saturated heterocycles. The number of benzene rings is 2. The molecule has 1 aliphatic rings. The smallest absolute Gasteiger partial charge is 0.168 e. The Labute approximate surface area is 155 Å². The molecule has 2 aromatic carbocycles. The lowest BCUT2D eigenvalue weighted by molar-refractivity contribution is -0.112. The monoisotopic (exact) mass is 348 g/mol. The van der Waals surface area contributed by atoms with Crippen LogP contribution in [0.15, 0.2) is 59.7 Å². The van der Waals surface area contributed by atoms with Crippen LogP contribution < -0.4 is 9.47 Å². The number of carbonyl (C=O) groups is 1. The molecule has 1 aliphatic carbocycles. The molecule has 0 bridgehead atoms. The maximum atomic E-state index is 12.6. The predicted molar refractivity (Wildman–Crippen MR) is 105 cm³/mol. The topological polar surface area (TPSA) is 35.5 Å². The van der Waals surface area contributed by atoms with Gasteiger partial charge in [0.2, 0.25) is 0 Å². The quantitative estimate of drug-likeness (QED) is 0.709. The summed E-state index contributed by atoms with van der Waals surface area (Å²) in [4.78, 5) is 12.6. The van der Waals surface area contributed by atoms with Gasteiger partial charge >= 0.3 is 0 Å². The fourth-order valence-electron chi connectivity index (χ4n) is 3.21. The van der Waals surface area contributed by atoms with E-state index < -0.39 is 0 Å². The zero-order valence-electron chi connectivity index (χ0n) is 15.5. The van der Waals surface area contributed by atoms with E-state index in [4.69, 9.17) is 9.47 Å². The summed E-state index contributed by atoms with van der Waals surface area (Å²) < 4.78 is 11.0. The molecule has 0 N–H and O–H groups in total. The minimum atomic E-state index is 0.170. The highest BCUT2D eigenvalue weighted by Crippen LogP contribution is 2.36. The van der Waals surface area contributed by atoms with E-state index in [9.17, 15) is 4.79 Å². The lowest BCUT2D eigenvalue weighted by atomic mass is 10.0. The van der Waals surface area contributed by atoms with Crippen molar-refractivity contribution in [3.63, 3.8) is 0 Å². The summed E-state index contributed by atoms with van der Waals surface area (Å²) in [7, 11) is 0. The van der Waals surface area contributed by atoms with Crippen molar-refractivity contribution in [3.8, 4) is 11.5 Å². The summed E-state index contributed by atoms with van der Waals surface area (Å²) in [6, 6.07) is 15.7. The summed E-state index contributed by atoms with van der Waals surface area (Å²) >= 11 is 0. The number of hydrogen-bond acceptors (Lipinski definition) is 3. The Morgan fingerprint density at radius 3 is 1.96 bits per heavy atom. The van der Waals surface area contributed by atoms with Crippen molar-refractivity contribution in [3.05, 3.63) is 70.8 Å².